The van der Waals surface area contributed by atoms with E-state index in [0.29, 0.717) is 28.6 Å². The zero-order chi connectivity index (χ0) is 18.1. The van der Waals surface area contributed by atoms with Crippen molar-refractivity contribution in [2.24, 2.45) is 0 Å². The fourth-order valence-electron chi connectivity index (χ4n) is 2.22. The van der Waals surface area contributed by atoms with E-state index in [0.717, 1.165) is 5.56 Å². The van der Waals surface area contributed by atoms with E-state index in [1.165, 1.54) is 0 Å². The third-order valence-corrected chi connectivity index (χ3v) is 5.16. The van der Waals surface area contributed by atoms with Crippen molar-refractivity contribution in [1.29, 1.82) is 0 Å². The molecule has 2 aromatic rings. The van der Waals surface area contributed by atoms with Crippen molar-refractivity contribution in [2.75, 3.05) is 18.8 Å². The molecule has 5 nitrogen and oxygen atoms in total. The van der Waals surface area contributed by atoms with Gasteiger partial charge < -0.3 is 15.7 Å². The number of aliphatic hydroxyl groups is 1. The molecule has 25 heavy (non-hydrogen) atoms. The van der Waals surface area contributed by atoms with Gasteiger partial charge in [0.25, 0.3) is 0 Å². The van der Waals surface area contributed by atoms with Gasteiger partial charge in [0.05, 0.1) is 6.10 Å². The first-order valence-corrected chi connectivity index (χ1v) is 9.76. The van der Waals surface area contributed by atoms with Crippen LogP contribution in [0, 0.1) is 0 Å². The summed E-state index contributed by atoms with van der Waals surface area (Å²) in [6, 6.07) is 16.1. The van der Waals surface area contributed by atoms with Gasteiger partial charge in [-0.3, -0.25) is 4.21 Å². The Morgan fingerprint density at radius 2 is 1.76 bits per heavy atom. The minimum atomic E-state index is -1.04. The molecule has 0 aliphatic rings. The second-order valence-electron chi connectivity index (χ2n) is 5.45. The number of nitrogens with one attached hydrogen (secondary N) is 2. The molecular formula is C18H21ClN2O3S. The molecule has 0 aliphatic heterocycles. The summed E-state index contributed by atoms with van der Waals surface area (Å²) in [5.41, 5.74) is 1.57. The van der Waals surface area contributed by atoms with Gasteiger partial charge in [-0.2, -0.15) is 0 Å². The van der Waals surface area contributed by atoms with Gasteiger partial charge in [0.1, 0.15) is 0 Å². The Labute approximate surface area is 154 Å². The molecule has 7 heteroatoms. The summed E-state index contributed by atoms with van der Waals surface area (Å²) >= 11 is 6.00. The maximum absolute atomic E-state index is 12.0. The van der Waals surface area contributed by atoms with Crippen molar-refractivity contribution in [1.82, 2.24) is 10.6 Å². The molecular weight excluding hydrogens is 360 g/mol. The molecule has 134 valence electrons. The van der Waals surface area contributed by atoms with Crippen molar-refractivity contribution >= 4 is 28.4 Å². The van der Waals surface area contributed by atoms with Gasteiger partial charge in [0, 0.05) is 46.0 Å². The summed E-state index contributed by atoms with van der Waals surface area (Å²) < 4.78 is 12.0. The number of aliphatic hydroxyl groups excluding tert-OH is 1. The fourth-order valence-corrected chi connectivity index (χ4v) is 3.52. The Hall–Kier alpha value is -1.89. The van der Waals surface area contributed by atoms with E-state index in [1.54, 1.807) is 24.3 Å². The molecule has 0 fully saturated rings. The van der Waals surface area contributed by atoms with E-state index in [-0.39, 0.29) is 6.54 Å². The molecule has 2 aromatic carbocycles. The first-order chi connectivity index (χ1) is 12.1. The normalized spacial score (nSPS) is 13.0. The minimum Gasteiger partial charge on any atom is -0.387 e. The lowest BCUT2D eigenvalue weighted by Gasteiger charge is -2.14. The second-order valence-corrected chi connectivity index (χ2v) is 7.43. The molecule has 0 spiro atoms. The largest absolute Gasteiger partial charge is 0.387 e. The van der Waals surface area contributed by atoms with Crippen LogP contribution >= 0.6 is 11.6 Å². The number of carbonyl (C=O) groups excluding carboxylic acids is 1. The lowest BCUT2D eigenvalue weighted by Crippen LogP contribution is -2.39. The molecule has 3 N–H and O–H groups in total. The zero-order valence-corrected chi connectivity index (χ0v) is 15.2. The van der Waals surface area contributed by atoms with E-state index >= 15 is 0 Å². The van der Waals surface area contributed by atoms with Crippen molar-refractivity contribution in [3.63, 3.8) is 0 Å². The van der Waals surface area contributed by atoms with E-state index < -0.39 is 22.9 Å². The summed E-state index contributed by atoms with van der Waals surface area (Å²) in [6.07, 6.45) is -0.883. The molecule has 0 aromatic heterocycles. The number of hydrogen-bond acceptors (Lipinski definition) is 3. The second kappa shape index (κ2) is 10.2. The standard InChI is InChI=1S/C18H21ClN2O3S/c19-16-9-5-4-8-15(16)17(22)12-21-18(23)20-10-11-25(24)13-14-6-2-1-3-7-14/h1-9,17,22H,10-13H2,(H2,20,21,23)/t17-,25+/m0/s1. The van der Waals surface area contributed by atoms with Crippen LogP contribution in [0.25, 0.3) is 0 Å². The fraction of sp³-hybridized carbons (Fsp3) is 0.278. The number of hydrogen-bond donors (Lipinski definition) is 3. The van der Waals surface area contributed by atoms with E-state index in [4.69, 9.17) is 11.6 Å². The van der Waals surface area contributed by atoms with E-state index in [1.807, 2.05) is 30.3 Å². The number of amides is 2. The molecule has 0 aliphatic carbocycles. The first-order valence-electron chi connectivity index (χ1n) is 7.89. The molecule has 0 unspecified atom stereocenters. The number of halogens is 1. The van der Waals surface area contributed by atoms with Crippen LogP contribution in [0.3, 0.4) is 0 Å². The average Bonchev–Trinajstić information content (AvgIpc) is 2.61. The molecule has 2 rings (SSSR count). The molecule has 0 saturated carbocycles. The summed E-state index contributed by atoms with van der Waals surface area (Å²) in [7, 11) is -1.04. The predicted molar refractivity (Wildman–Crippen MR) is 101 cm³/mol. The third kappa shape index (κ3) is 6.86. The Morgan fingerprint density at radius 1 is 1.08 bits per heavy atom. The smallest absolute Gasteiger partial charge is 0.314 e. The van der Waals surface area contributed by atoms with Crippen LogP contribution in [-0.4, -0.2) is 34.2 Å². The molecule has 2 atom stereocenters. The lowest BCUT2D eigenvalue weighted by molar-refractivity contribution is 0.173. The highest BCUT2D eigenvalue weighted by molar-refractivity contribution is 7.84. The summed E-state index contributed by atoms with van der Waals surface area (Å²) in [6.45, 7) is 0.343. The average molecular weight is 381 g/mol. The number of carbonyl (C=O) groups is 1. The quantitative estimate of drug-likeness (QED) is 0.658. The van der Waals surface area contributed by atoms with Crippen molar-refractivity contribution in [2.45, 2.75) is 11.9 Å². The monoisotopic (exact) mass is 380 g/mol. The molecule has 0 bridgehead atoms. The van der Waals surface area contributed by atoms with Gasteiger partial charge >= 0.3 is 6.03 Å². The number of urea groups is 1. The third-order valence-electron chi connectivity index (χ3n) is 3.51. The first kappa shape index (κ1) is 19.4. The van der Waals surface area contributed by atoms with Crippen LogP contribution in [0.15, 0.2) is 54.6 Å². The van der Waals surface area contributed by atoms with Gasteiger partial charge in [-0.25, -0.2) is 4.79 Å². The Kier molecular flexibility index (Phi) is 7.91. The Balaban J connectivity index is 1.65. The highest BCUT2D eigenvalue weighted by Gasteiger charge is 2.12. The van der Waals surface area contributed by atoms with Gasteiger partial charge in [0.2, 0.25) is 0 Å². The van der Waals surface area contributed by atoms with Crippen molar-refractivity contribution < 1.29 is 14.1 Å². The summed E-state index contributed by atoms with van der Waals surface area (Å²) in [5, 5.41) is 15.7. The maximum atomic E-state index is 12.0. The molecule has 0 radical (unpaired) electrons. The van der Waals surface area contributed by atoms with Crippen LogP contribution in [0.5, 0.6) is 0 Å². The SMILES string of the molecule is O=C(NCC[S@@](=O)Cc1ccccc1)NC[C@H](O)c1ccccc1Cl. The molecule has 0 heterocycles. The van der Waals surface area contributed by atoms with E-state index in [9.17, 15) is 14.1 Å². The number of rotatable bonds is 8. The number of benzene rings is 2. The van der Waals surface area contributed by atoms with Crippen molar-refractivity contribution in [3.8, 4) is 0 Å². The summed E-state index contributed by atoms with van der Waals surface area (Å²) in [5.74, 6) is 0.838. The molecule has 2 amide bonds. The summed E-state index contributed by atoms with van der Waals surface area (Å²) in [4.78, 5) is 11.7. The highest BCUT2D eigenvalue weighted by atomic mass is 35.5. The van der Waals surface area contributed by atoms with Crippen LogP contribution in [0.1, 0.15) is 17.2 Å². The van der Waals surface area contributed by atoms with Crippen LogP contribution in [0.4, 0.5) is 4.79 Å². The maximum Gasteiger partial charge on any atom is 0.314 e. The van der Waals surface area contributed by atoms with Gasteiger partial charge in [-0.1, -0.05) is 60.1 Å². The van der Waals surface area contributed by atoms with Gasteiger partial charge in [0.15, 0.2) is 0 Å². The topological polar surface area (TPSA) is 78.4 Å². The van der Waals surface area contributed by atoms with E-state index in [2.05, 4.69) is 10.6 Å². The zero-order valence-electron chi connectivity index (χ0n) is 13.7. The van der Waals surface area contributed by atoms with Gasteiger partial charge in [-0.15, -0.1) is 0 Å². The molecule has 0 saturated heterocycles. The Bertz CT molecular complexity index is 712. The van der Waals surface area contributed by atoms with Crippen LogP contribution in [-0.2, 0) is 16.6 Å². The Morgan fingerprint density at radius 3 is 2.48 bits per heavy atom. The van der Waals surface area contributed by atoms with Crippen LogP contribution in [0.2, 0.25) is 5.02 Å². The van der Waals surface area contributed by atoms with Crippen molar-refractivity contribution in [3.05, 3.63) is 70.7 Å². The minimum absolute atomic E-state index is 0.0443. The van der Waals surface area contributed by atoms with Crippen LogP contribution < -0.4 is 10.6 Å². The lowest BCUT2D eigenvalue weighted by atomic mass is 10.1. The van der Waals surface area contributed by atoms with Gasteiger partial charge in [-0.05, 0) is 11.6 Å². The highest BCUT2D eigenvalue weighted by Crippen LogP contribution is 2.21. The predicted octanol–water partition coefficient (Wildman–Crippen LogP) is 2.62.